The normalized spacial score (nSPS) is 27.5. The fraction of sp³-hybridized carbons (Fsp3) is 0.391. The van der Waals surface area contributed by atoms with E-state index in [9.17, 15) is 30.0 Å². The molecule has 2 heterocycles. The van der Waals surface area contributed by atoms with Crippen LogP contribution in [-0.2, 0) is 20.7 Å². The number of hydrogen-bond acceptors (Lipinski definition) is 9. The Kier molecular flexibility index (Phi) is 7.79. The molecule has 6 N–H and O–H groups in total. The Balaban J connectivity index is 1.44. The molecule has 1 fully saturated rings. The molecule has 0 bridgehead atoms. The summed E-state index contributed by atoms with van der Waals surface area (Å²) in [5.74, 6) is -1.20. The number of rotatable bonds is 5. The summed E-state index contributed by atoms with van der Waals surface area (Å²) >= 11 is 12.7. The monoisotopic (exact) mass is 543 g/mol. The summed E-state index contributed by atoms with van der Waals surface area (Å²) < 4.78 is 15.9. The van der Waals surface area contributed by atoms with Crippen molar-refractivity contribution in [1.82, 2.24) is 5.32 Å². The number of benzene rings is 2. The highest BCUT2D eigenvalue weighted by atomic mass is 35.5. The maximum atomic E-state index is 12.3. The number of carboxylic acids is 1. The zero-order valence-corrected chi connectivity index (χ0v) is 20.0. The number of aliphatic hydroxyl groups is 3. The van der Waals surface area contributed by atoms with Crippen molar-refractivity contribution in [3.05, 3.63) is 45.9 Å². The van der Waals surface area contributed by atoms with Crippen LogP contribution in [0.2, 0.25) is 10.0 Å². The number of carbonyl (C=O) groups excluding carboxylic acids is 1. The molecule has 1 amide bonds. The van der Waals surface area contributed by atoms with E-state index in [1.807, 2.05) is 0 Å². The van der Waals surface area contributed by atoms with Crippen LogP contribution in [0, 0.1) is 0 Å². The van der Waals surface area contributed by atoms with Gasteiger partial charge in [-0.25, -0.2) is 9.59 Å². The molecule has 1 saturated heterocycles. The first kappa shape index (κ1) is 26.3. The van der Waals surface area contributed by atoms with E-state index in [0.29, 0.717) is 45.3 Å². The zero-order chi connectivity index (χ0) is 26.1. The van der Waals surface area contributed by atoms with E-state index in [-0.39, 0.29) is 12.3 Å². The van der Waals surface area contributed by atoms with E-state index < -0.39 is 48.9 Å². The number of amides is 1. The number of aliphatic carboxylic acids is 1. The van der Waals surface area contributed by atoms with E-state index >= 15 is 0 Å². The lowest BCUT2D eigenvalue weighted by molar-refractivity contribution is -0.278. The first-order valence-corrected chi connectivity index (χ1v) is 11.7. The van der Waals surface area contributed by atoms with Crippen molar-refractivity contribution in [2.75, 3.05) is 6.54 Å². The molecule has 6 atom stereocenters. The van der Waals surface area contributed by atoms with Gasteiger partial charge in [0.25, 0.3) is 0 Å². The molecular weight excluding hydrogens is 521 g/mol. The van der Waals surface area contributed by atoms with Crippen molar-refractivity contribution in [1.29, 1.82) is 0 Å². The summed E-state index contributed by atoms with van der Waals surface area (Å²) in [4.78, 5) is 23.5. The van der Waals surface area contributed by atoms with Crippen LogP contribution < -0.4 is 10.1 Å². The quantitative estimate of drug-likeness (QED) is 0.325. The van der Waals surface area contributed by atoms with E-state index in [1.54, 1.807) is 24.3 Å². The van der Waals surface area contributed by atoms with Gasteiger partial charge in [0.05, 0.1) is 16.6 Å². The predicted octanol–water partition coefficient (Wildman–Crippen LogP) is 1.68. The number of phenolic OH excluding ortho intramolecular Hbond substituents is 1. The summed E-state index contributed by atoms with van der Waals surface area (Å²) in [5.41, 5.74) is 1.66. The van der Waals surface area contributed by atoms with Gasteiger partial charge in [-0.2, -0.15) is 0 Å². The molecule has 2 aromatic carbocycles. The lowest BCUT2D eigenvalue weighted by atomic mass is 9.94. The van der Waals surface area contributed by atoms with Gasteiger partial charge in [0.15, 0.2) is 6.10 Å². The van der Waals surface area contributed by atoms with Crippen LogP contribution in [0.1, 0.15) is 12.0 Å². The Morgan fingerprint density at radius 1 is 1.06 bits per heavy atom. The van der Waals surface area contributed by atoms with Gasteiger partial charge in [0.2, 0.25) is 6.29 Å². The van der Waals surface area contributed by atoms with E-state index in [1.165, 1.54) is 6.07 Å². The average Bonchev–Trinajstić information content (AvgIpc) is 2.84. The molecule has 0 radical (unpaired) electrons. The maximum absolute atomic E-state index is 12.3. The van der Waals surface area contributed by atoms with Gasteiger partial charge in [-0.3, -0.25) is 0 Å². The van der Waals surface area contributed by atoms with Gasteiger partial charge >= 0.3 is 12.1 Å². The lowest BCUT2D eigenvalue weighted by Crippen LogP contribution is -2.61. The van der Waals surface area contributed by atoms with Crippen molar-refractivity contribution in [2.45, 2.75) is 49.7 Å². The molecule has 2 aliphatic heterocycles. The average molecular weight is 544 g/mol. The molecule has 0 aliphatic carbocycles. The van der Waals surface area contributed by atoms with Crippen molar-refractivity contribution < 1.29 is 49.3 Å². The van der Waals surface area contributed by atoms with Crippen LogP contribution in [0.3, 0.4) is 0 Å². The minimum absolute atomic E-state index is 0.0416. The Morgan fingerprint density at radius 3 is 2.42 bits per heavy atom. The summed E-state index contributed by atoms with van der Waals surface area (Å²) in [7, 11) is 0. The Bertz CT molecular complexity index is 1140. The molecule has 2 aliphatic rings. The van der Waals surface area contributed by atoms with Crippen LogP contribution in [-0.4, -0.2) is 80.9 Å². The van der Waals surface area contributed by atoms with Crippen LogP contribution in [0.25, 0.3) is 11.1 Å². The minimum Gasteiger partial charge on any atom is -0.508 e. The zero-order valence-electron chi connectivity index (χ0n) is 18.5. The third-order valence-electron chi connectivity index (χ3n) is 5.98. The van der Waals surface area contributed by atoms with E-state index in [2.05, 4.69) is 5.32 Å². The van der Waals surface area contributed by atoms with Crippen LogP contribution >= 0.6 is 23.2 Å². The Hall–Kier alpha value is -2.80. The smallest absolute Gasteiger partial charge is 0.409 e. The SMILES string of the molecule is O=C(NC[C@H]1CCc2c(O)ccc(-c3c(Cl)cccc3Cl)c2O1)OC1OC(C(=O)O)C(O)C(O)C1O. The summed E-state index contributed by atoms with van der Waals surface area (Å²) in [6, 6.07) is 8.20. The van der Waals surface area contributed by atoms with Gasteiger partial charge < -0.3 is 45.1 Å². The summed E-state index contributed by atoms with van der Waals surface area (Å²) in [5, 5.41) is 52.2. The third kappa shape index (κ3) is 5.17. The second kappa shape index (κ2) is 10.7. The molecule has 13 heteroatoms. The molecule has 0 saturated carbocycles. The van der Waals surface area contributed by atoms with Crippen molar-refractivity contribution in [3.63, 3.8) is 0 Å². The van der Waals surface area contributed by atoms with Crippen LogP contribution in [0.4, 0.5) is 4.79 Å². The van der Waals surface area contributed by atoms with Gasteiger partial charge in [0, 0.05) is 16.7 Å². The van der Waals surface area contributed by atoms with Crippen molar-refractivity contribution >= 4 is 35.3 Å². The number of carbonyl (C=O) groups is 2. The number of carboxylic acid groups (broad SMARTS) is 1. The van der Waals surface area contributed by atoms with Crippen molar-refractivity contribution in [2.24, 2.45) is 0 Å². The Morgan fingerprint density at radius 2 is 1.75 bits per heavy atom. The number of hydrogen-bond donors (Lipinski definition) is 6. The molecule has 4 rings (SSSR count). The topological polar surface area (TPSA) is 175 Å². The number of ether oxygens (including phenoxy) is 3. The molecule has 11 nitrogen and oxygen atoms in total. The second-order valence-corrected chi connectivity index (χ2v) is 9.15. The van der Waals surface area contributed by atoms with Gasteiger partial charge in [0.1, 0.15) is 35.9 Å². The number of aromatic hydroxyl groups is 1. The number of nitrogens with one attached hydrogen (secondary N) is 1. The standard InChI is InChI=1S/C23H23Cl2NO10/c24-12-2-1-3-13(25)15(12)11-6-7-14(27)10-5-4-9(34-19(10)11)8-26-23(33)36-22-18(30)16(28)17(29)20(35-22)21(31)32/h1-3,6-7,9,16-18,20,22,27-30H,4-5,8H2,(H,26,33)(H,31,32)/t9-,16?,17?,18?,20?,22?/m1/s1. The molecule has 0 aromatic heterocycles. The maximum Gasteiger partial charge on any atom is 0.409 e. The molecule has 36 heavy (non-hydrogen) atoms. The van der Waals surface area contributed by atoms with E-state index in [0.717, 1.165) is 0 Å². The van der Waals surface area contributed by atoms with Gasteiger partial charge in [-0.05, 0) is 37.1 Å². The number of aliphatic hydroxyl groups excluding tert-OH is 3. The Labute approximate surface area is 214 Å². The van der Waals surface area contributed by atoms with Crippen LogP contribution in [0.15, 0.2) is 30.3 Å². The molecule has 0 spiro atoms. The lowest BCUT2D eigenvalue weighted by Gasteiger charge is -2.38. The number of alkyl carbamates (subject to hydrolysis) is 1. The summed E-state index contributed by atoms with van der Waals surface area (Å²) in [6.45, 7) is -0.0556. The van der Waals surface area contributed by atoms with Crippen molar-refractivity contribution in [3.8, 4) is 22.6 Å². The van der Waals surface area contributed by atoms with Gasteiger partial charge in [-0.1, -0.05) is 29.3 Å². The van der Waals surface area contributed by atoms with Crippen LogP contribution in [0.5, 0.6) is 11.5 Å². The summed E-state index contributed by atoms with van der Waals surface area (Å²) in [6.07, 6.45) is -10.2. The highest BCUT2D eigenvalue weighted by molar-refractivity contribution is 6.39. The predicted molar refractivity (Wildman–Crippen MR) is 125 cm³/mol. The number of phenols is 1. The highest BCUT2D eigenvalue weighted by Crippen LogP contribution is 2.46. The first-order chi connectivity index (χ1) is 17.1. The minimum atomic E-state index is -1.91. The fourth-order valence-electron chi connectivity index (χ4n) is 4.11. The fourth-order valence-corrected chi connectivity index (χ4v) is 4.72. The van der Waals surface area contributed by atoms with E-state index in [4.69, 9.17) is 42.5 Å². The largest absolute Gasteiger partial charge is 0.508 e. The molecule has 194 valence electrons. The number of fused-ring (bicyclic) bond motifs is 1. The first-order valence-electron chi connectivity index (χ1n) is 10.9. The van der Waals surface area contributed by atoms with Gasteiger partial charge in [-0.15, -0.1) is 0 Å². The molecular formula is C23H23Cl2NO10. The molecule has 2 aromatic rings. The third-order valence-corrected chi connectivity index (χ3v) is 6.61. The number of halogens is 2. The molecule has 5 unspecified atom stereocenters. The second-order valence-electron chi connectivity index (χ2n) is 8.34. The highest BCUT2D eigenvalue weighted by Gasteiger charge is 2.48.